The first kappa shape index (κ1) is 5.03. The van der Waals surface area contributed by atoms with Gasteiger partial charge < -0.3 is 5.11 Å². The van der Waals surface area contributed by atoms with Crippen LogP contribution in [0, 0.1) is 13.3 Å². The lowest BCUT2D eigenvalue weighted by Gasteiger charge is -1.89. The van der Waals surface area contributed by atoms with E-state index in [0.29, 0.717) is 5.69 Å². The van der Waals surface area contributed by atoms with Crippen molar-refractivity contribution >= 4 is 0 Å². The number of aryl methyl sites for hydroxylation is 1. The first-order chi connectivity index (χ1) is 3.80. The number of aromatic nitrogens is 2. The van der Waals surface area contributed by atoms with E-state index in [0.717, 1.165) is 0 Å². The van der Waals surface area contributed by atoms with Crippen molar-refractivity contribution in [1.29, 1.82) is 0 Å². The van der Waals surface area contributed by atoms with Crippen LogP contribution in [0.4, 0.5) is 0 Å². The predicted molar refractivity (Wildman–Crippen MR) is 27.3 cm³/mol. The maximum Gasteiger partial charge on any atom is 0.198 e. The monoisotopic (exact) mass is 109 g/mol. The molecular formula is C5H5N2O. The number of rotatable bonds is 0. The summed E-state index contributed by atoms with van der Waals surface area (Å²) in [4.78, 5) is 7.05. The molecule has 8 heavy (non-hydrogen) atoms. The van der Waals surface area contributed by atoms with Gasteiger partial charge in [0.05, 0.1) is 11.9 Å². The molecule has 0 atom stereocenters. The van der Waals surface area contributed by atoms with Crippen molar-refractivity contribution in [1.82, 2.24) is 9.97 Å². The highest BCUT2D eigenvalue weighted by Crippen LogP contribution is 2.06. The first-order valence-electron chi connectivity index (χ1n) is 2.19. The lowest BCUT2D eigenvalue weighted by Crippen LogP contribution is -1.81. The maximum atomic E-state index is 8.77. The smallest absolute Gasteiger partial charge is 0.198 e. The van der Waals surface area contributed by atoms with Gasteiger partial charge in [0.2, 0.25) is 0 Å². The van der Waals surface area contributed by atoms with Crippen molar-refractivity contribution < 1.29 is 5.11 Å². The Kier molecular flexibility index (Phi) is 1.12. The Balaban J connectivity index is 3.13. The van der Waals surface area contributed by atoms with Crippen molar-refractivity contribution in [2.75, 3.05) is 0 Å². The Bertz CT molecular complexity index is 167. The molecule has 0 amide bonds. The second kappa shape index (κ2) is 1.78. The van der Waals surface area contributed by atoms with Crippen LogP contribution in [-0.2, 0) is 0 Å². The second-order valence-electron chi connectivity index (χ2n) is 1.44. The first-order valence-corrected chi connectivity index (χ1v) is 2.19. The zero-order valence-corrected chi connectivity index (χ0v) is 4.42. The van der Waals surface area contributed by atoms with E-state index in [1.807, 2.05) is 0 Å². The lowest BCUT2D eigenvalue weighted by molar-refractivity contribution is 0.464. The Morgan fingerprint density at radius 1 is 1.75 bits per heavy atom. The van der Waals surface area contributed by atoms with Crippen LogP contribution in [-0.4, -0.2) is 15.1 Å². The molecule has 0 aliphatic carbocycles. The minimum atomic E-state index is 0.115. The molecule has 0 fully saturated rings. The van der Waals surface area contributed by atoms with E-state index < -0.39 is 0 Å². The van der Waals surface area contributed by atoms with Crippen LogP contribution in [0.5, 0.6) is 5.75 Å². The fourth-order valence-electron chi connectivity index (χ4n) is 0.345. The van der Waals surface area contributed by atoms with Gasteiger partial charge in [-0.1, -0.05) is 0 Å². The topological polar surface area (TPSA) is 46.0 Å². The molecule has 1 rings (SSSR count). The quantitative estimate of drug-likeness (QED) is 0.520. The van der Waals surface area contributed by atoms with E-state index in [9.17, 15) is 0 Å². The number of aromatic hydroxyl groups is 1. The summed E-state index contributed by atoms with van der Waals surface area (Å²) in [5, 5.41) is 8.77. The average molecular weight is 109 g/mol. The van der Waals surface area contributed by atoms with Crippen molar-refractivity contribution in [3.63, 3.8) is 0 Å². The molecule has 1 aromatic heterocycles. The van der Waals surface area contributed by atoms with Crippen LogP contribution >= 0.6 is 0 Å². The third kappa shape index (κ3) is 0.753. The molecule has 41 valence electrons. The van der Waals surface area contributed by atoms with Crippen LogP contribution in [0.15, 0.2) is 6.20 Å². The highest BCUT2D eigenvalue weighted by Gasteiger charge is 1.90. The van der Waals surface area contributed by atoms with Crippen molar-refractivity contribution in [3.05, 3.63) is 18.2 Å². The molecule has 1 aromatic rings. The SMILES string of the molecule is Cc1n[c]ncc1O. The summed E-state index contributed by atoms with van der Waals surface area (Å²) >= 11 is 0. The van der Waals surface area contributed by atoms with Crippen LogP contribution in [0.2, 0.25) is 0 Å². The molecule has 0 bridgehead atoms. The molecule has 1 N–H and O–H groups in total. The Morgan fingerprint density at radius 3 is 2.88 bits per heavy atom. The average Bonchev–Trinajstić information content (AvgIpc) is 1.77. The molecule has 0 aromatic carbocycles. The minimum absolute atomic E-state index is 0.115. The van der Waals surface area contributed by atoms with Gasteiger partial charge in [-0.05, 0) is 6.92 Å². The van der Waals surface area contributed by atoms with Gasteiger partial charge in [0.15, 0.2) is 12.1 Å². The fourth-order valence-corrected chi connectivity index (χ4v) is 0.345. The van der Waals surface area contributed by atoms with Crippen molar-refractivity contribution in [2.45, 2.75) is 6.92 Å². The van der Waals surface area contributed by atoms with Crippen molar-refractivity contribution in [3.8, 4) is 5.75 Å². The molecule has 1 radical (unpaired) electrons. The van der Waals surface area contributed by atoms with Gasteiger partial charge >= 0.3 is 0 Å². The summed E-state index contributed by atoms with van der Waals surface area (Å²) in [6.07, 6.45) is 3.65. The number of hydrogen-bond acceptors (Lipinski definition) is 3. The molecule has 3 heteroatoms. The summed E-state index contributed by atoms with van der Waals surface area (Å²) in [5.74, 6) is 0.115. The fraction of sp³-hybridized carbons (Fsp3) is 0.200. The third-order valence-corrected chi connectivity index (χ3v) is 0.833. The van der Waals surface area contributed by atoms with E-state index in [4.69, 9.17) is 5.11 Å². The molecule has 0 spiro atoms. The molecule has 1 heterocycles. The lowest BCUT2D eigenvalue weighted by atomic mass is 10.4. The summed E-state index contributed by atoms with van der Waals surface area (Å²) in [6, 6.07) is 0. The molecule has 0 aliphatic rings. The van der Waals surface area contributed by atoms with Gasteiger partial charge in [0.25, 0.3) is 0 Å². The van der Waals surface area contributed by atoms with E-state index in [-0.39, 0.29) is 5.75 Å². The largest absolute Gasteiger partial charge is 0.504 e. The van der Waals surface area contributed by atoms with Crippen LogP contribution in [0.25, 0.3) is 0 Å². The predicted octanol–water partition coefficient (Wildman–Crippen LogP) is 0.291. The van der Waals surface area contributed by atoms with E-state index >= 15 is 0 Å². The Labute approximate surface area is 47.0 Å². The van der Waals surface area contributed by atoms with Crippen LogP contribution in [0.1, 0.15) is 5.69 Å². The highest BCUT2D eigenvalue weighted by molar-refractivity contribution is 5.18. The van der Waals surface area contributed by atoms with Gasteiger partial charge in [-0.2, -0.15) is 0 Å². The standard InChI is InChI=1S/C5H5N2O/c1-4-5(8)2-6-3-7-4/h2,8H,1H3. The van der Waals surface area contributed by atoms with Gasteiger partial charge in [-0.15, -0.1) is 0 Å². The molecule has 0 unspecified atom stereocenters. The molecule has 0 saturated heterocycles. The summed E-state index contributed by atoms with van der Waals surface area (Å²) in [5.41, 5.74) is 0.556. The summed E-state index contributed by atoms with van der Waals surface area (Å²) in [6.45, 7) is 1.69. The maximum absolute atomic E-state index is 8.77. The van der Waals surface area contributed by atoms with E-state index in [2.05, 4.69) is 16.3 Å². The van der Waals surface area contributed by atoms with E-state index in [1.165, 1.54) is 6.20 Å². The van der Waals surface area contributed by atoms with Crippen molar-refractivity contribution in [2.24, 2.45) is 0 Å². The summed E-state index contributed by atoms with van der Waals surface area (Å²) < 4.78 is 0. The van der Waals surface area contributed by atoms with Crippen LogP contribution in [0.3, 0.4) is 0 Å². The van der Waals surface area contributed by atoms with Gasteiger partial charge in [-0.25, -0.2) is 9.97 Å². The summed E-state index contributed by atoms with van der Waals surface area (Å²) in [7, 11) is 0. The molecule has 3 nitrogen and oxygen atoms in total. The Hall–Kier alpha value is -1.12. The third-order valence-electron chi connectivity index (χ3n) is 0.833. The second-order valence-corrected chi connectivity index (χ2v) is 1.44. The molecule has 0 aliphatic heterocycles. The van der Waals surface area contributed by atoms with Gasteiger partial charge in [0, 0.05) is 0 Å². The molecule has 0 saturated carbocycles. The zero-order valence-electron chi connectivity index (χ0n) is 4.42. The number of hydrogen-bond donors (Lipinski definition) is 1. The van der Waals surface area contributed by atoms with E-state index in [1.54, 1.807) is 6.92 Å². The Morgan fingerprint density at radius 2 is 2.50 bits per heavy atom. The highest BCUT2D eigenvalue weighted by atomic mass is 16.3. The van der Waals surface area contributed by atoms with Crippen LogP contribution < -0.4 is 0 Å². The van der Waals surface area contributed by atoms with Gasteiger partial charge in [-0.3, -0.25) is 0 Å². The number of nitrogens with zero attached hydrogens (tertiary/aromatic N) is 2. The zero-order chi connectivity index (χ0) is 5.98. The molecular weight excluding hydrogens is 104 g/mol. The minimum Gasteiger partial charge on any atom is -0.504 e. The van der Waals surface area contributed by atoms with Gasteiger partial charge in [0.1, 0.15) is 0 Å². The normalized spacial score (nSPS) is 9.12.